The van der Waals surface area contributed by atoms with Gasteiger partial charge in [-0.1, -0.05) is 13.8 Å². The summed E-state index contributed by atoms with van der Waals surface area (Å²) in [5, 5.41) is 2.80. The maximum atomic E-state index is 12.0. The highest BCUT2D eigenvalue weighted by Gasteiger charge is 2.14. The first-order chi connectivity index (χ1) is 10.9. The zero-order valence-corrected chi connectivity index (χ0v) is 14.8. The van der Waals surface area contributed by atoms with Crippen LogP contribution in [0, 0.1) is 5.92 Å². The van der Waals surface area contributed by atoms with E-state index in [1.165, 1.54) is 0 Å². The van der Waals surface area contributed by atoms with E-state index in [2.05, 4.69) is 24.1 Å². The van der Waals surface area contributed by atoms with Gasteiger partial charge in [0.15, 0.2) is 6.61 Å². The molecule has 1 atom stereocenters. The Morgan fingerprint density at radius 3 is 2.13 bits per heavy atom. The second kappa shape index (κ2) is 9.18. The second-order valence-electron chi connectivity index (χ2n) is 5.90. The lowest BCUT2D eigenvalue weighted by atomic mass is 10.1. The molecule has 1 aromatic carbocycles. The molecule has 1 unspecified atom stereocenters. The van der Waals surface area contributed by atoms with Gasteiger partial charge in [-0.15, -0.1) is 0 Å². The van der Waals surface area contributed by atoms with E-state index in [1.807, 2.05) is 32.9 Å². The Morgan fingerprint density at radius 2 is 1.65 bits per heavy atom. The molecule has 0 heterocycles. The fourth-order valence-electron chi connectivity index (χ4n) is 2.07. The minimum Gasteiger partial charge on any atom is -0.452 e. The van der Waals surface area contributed by atoms with Crippen LogP contribution in [0.15, 0.2) is 24.3 Å². The van der Waals surface area contributed by atoms with Gasteiger partial charge in [0.05, 0.1) is 5.56 Å². The van der Waals surface area contributed by atoms with Crippen molar-refractivity contribution in [1.82, 2.24) is 5.32 Å². The number of benzene rings is 1. The Balaban J connectivity index is 2.53. The molecule has 0 aliphatic heterocycles. The van der Waals surface area contributed by atoms with Crippen LogP contribution in [-0.4, -0.2) is 37.6 Å². The van der Waals surface area contributed by atoms with Crippen LogP contribution in [0.25, 0.3) is 0 Å². The van der Waals surface area contributed by atoms with Crippen molar-refractivity contribution in [2.45, 2.75) is 40.7 Å². The molecule has 0 aliphatic rings. The van der Waals surface area contributed by atoms with Crippen molar-refractivity contribution in [3.05, 3.63) is 29.8 Å². The topological polar surface area (TPSA) is 58.6 Å². The fraction of sp³-hybridized carbons (Fsp3) is 0.556. The average molecular weight is 320 g/mol. The van der Waals surface area contributed by atoms with Gasteiger partial charge in [0, 0.05) is 24.8 Å². The van der Waals surface area contributed by atoms with E-state index < -0.39 is 5.97 Å². The Morgan fingerprint density at radius 1 is 1.09 bits per heavy atom. The zero-order valence-electron chi connectivity index (χ0n) is 14.8. The van der Waals surface area contributed by atoms with Crippen molar-refractivity contribution in [2.75, 3.05) is 24.6 Å². The van der Waals surface area contributed by atoms with Crippen molar-refractivity contribution in [1.29, 1.82) is 0 Å². The molecule has 128 valence electrons. The summed E-state index contributed by atoms with van der Waals surface area (Å²) in [5.41, 5.74) is 1.51. The molecule has 1 amide bonds. The highest BCUT2D eigenvalue weighted by molar-refractivity contribution is 5.91. The van der Waals surface area contributed by atoms with Gasteiger partial charge >= 0.3 is 5.97 Å². The summed E-state index contributed by atoms with van der Waals surface area (Å²) in [4.78, 5) is 25.9. The first-order valence-electron chi connectivity index (χ1n) is 8.20. The molecule has 0 aliphatic carbocycles. The number of ether oxygens (including phenoxy) is 1. The van der Waals surface area contributed by atoms with Gasteiger partial charge in [-0.3, -0.25) is 4.79 Å². The number of amides is 1. The second-order valence-corrected chi connectivity index (χ2v) is 5.90. The number of rotatable bonds is 8. The third kappa shape index (κ3) is 5.93. The summed E-state index contributed by atoms with van der Waals surface area (Å²) in [6.07, 6.45) is 0. The lowest BCUT2D eigenvalue weighted by Crippen LogP contribution is -2.38. The van der Waals surface area contributed by atoms with Crippen LogP contribution < -0.4 is 10.2 Å². The first-order valence-corrected chi connectivity index (χ1v) is 8.20. The van der Waals surface area contributed by atoms with E-state index in [0.717, 1.165) is 18.8 Å². The Hall–Kier alpha value is -2.04. The smallest absolute Gasteiger partial charge is 0.338 e. The number of carbonyl (C=O) groups excluding carboxylic acids is 2. The summed E-state index contributed by atoms with van der Waals surface area (Å²) in [5.74, 6) is -0.426. The zero-order chi connectivity index (χ0) is 17.4. The van der Waals surface area contributed by atoms with E-state index in [-0.39, 0.29) is 18.6 Å². The van der Waals surface area contributed by atoms with Crippen molar-refractivity contribution in [3.8, 4) is 0 Å². The summed E-state index contributed by atoms with van der Waals surface area (Å²) >= 11 is 0. The normalized spacial score (nSPS) is 11.9. The van der Waals surface area contributed by atoms with Crippen molar-refractivity contribution < 1.29 is 14.3 Å². The number of nitrogens with zero attached hydrogens (tertiary/aromatic N) is 1. The van der Waals surface area contributed by atoms with E-state index in [9.17, 15) is 9.59 Å². The van der Waals surface area contributed by atoms with Gasteiger partial charge in [-0.05, 0) is 51.0 Å². The Labute approximate surface area is 139 Å². The monoisotopic (exact) mass is 320 g/mol. The van der Waals surface area contributed by atoms with Gasteiger partial charge in [0.25, 0.3) is 5.91 Å². The Bertz CT molecular complexity index is 508. The number of nitrogens with one attached hydrogen (secondary N) is 1. The van der Waals surface area contributed by atoms with Crippen molar-refractivity contribution >= 4 is 17.6 Å². The predicted molar refractivity (Wildman–Crippen MR) is 92.7 cm³/mol. The molecule has 23 heavy (non-hydrogen) atoms. The van der Waals surface area contributed by atoms with Crippen LogP contribution in [0.2, 0.25) is 0 Å². The maximum Gasteiger partial charge on any atom is 0.338 e. The molecule has 0 saturated carbocycles. The van der Waals surface area contributed by atoms with Crippen molar-refractivity contribution in [2.24, 2.45) is 5.92 Å². The standard InChI is InChI=1S/C18H28N2O3/c1-6-20(7-2)16-10-8-15(9-11-16)18(22)23-12-17(21)19-14(5)13(3)4/h8-11,13-14H,6-7,12H2,1-5H3,(H,19,21). The summed E-state index contributed by atoms with van der Waals surface area (Å²) in [6.45, 7) is 11.7. The van der Waals surface area contributed by atoms with E-state index >= 15 is 0 Å². The largest absolute Gasteiger partial charge is 0.452 e. The highest BCUT2D eigenvalue weighted by Crippen LogP contribution is 2.15. The molecular formula is C18H28N2O3. The minimum atomic E-state index is -0.483. The van der Waals surface area contributed by atoms with Crippen LogP contribution in [0.4, 0.5) is 5.69 Å². The molecule has 0 bridgehead atoms. The van der Waals surface area contributed by atoms with E-state index in [4.69, 9.17) is 4.74 Å². The molecule has 5 nitrogen and oxygen atoms in total. The third-order valence-corrected chi connectivity index (χ3v) is 3.95. The van der Waals surface area contributed by atoms with Crippen LogP contribution in [0.5, 0.6) is 0 Å². The van der Waals surface area contributed by atoms with Crippen molar-refractivity contribution in [3.63, 3.8) is 0 Å². The molecule has 1 aromatic rings. The van der Waals surface area contributed by atoms with E-state index in [1.54, 1.807) is 12.1 Å². The summed E-state index contributed by atoms with van der Waals surface area (Å²) < 4.78 is 5.06. The van der Waals surface area contributed by atoms with E-state index in [0.29, 0.717) is 11.5 Å². The number of carbonyl (C=O) groups is 2. The molecule has 0 saturated heterocycles. The molecule has 0 radical (unpaired) electrons. The van der Waals surface area contributed by atoms with Crippen LogP contribution in [-0.2, 0) is 9.53 Å². The molecule has 0 spiro atoms. The van der Waals surface area contributed by atoms with Gasteiger partial charge < -0.3 is 15.0 Å². The molecular weight excluding hydrogens is 292 g/mol. The summed E-state index contributed by atoms with van der Waals surface area (Å²) in [7, 11) is 0. The van der Waals surface area contributed by atoms with Gasteiger partial charge in [-0.2, -0.15) is 0 Å². The maximum absolute atomic E-state index is 12.0. The third-order valence-electron chi connectivity index (χ3n) is 3.95. The SMILES string of the molecule is CCN(CC)c1ccc(C(=O)OCC(=O)NC(C)C(C)C)cc1. The molecule has 0 fully saturated rings. The number of anilines is 1. The average Bonchev–Trinajstić information content (AvgIpc) is 2.54. The number of hydrogen-bond acceptors (Lipinski definition) is 4. The number of esters is 1. The molecule has 5 heteroatoms. The summed E-state index contributed by atoms with van der Waals surface area (Å²) in [6, 6.07) is 7.29. The van der Waals surface area contributed by atoms with Gasteiger partial charge in [-0.25, -0.2) is 4.79 Å². The van der Waals surface area contributed by atoms with Crippen LogP contribution in [0.1, 0.15) is 45.0 Å². The molecule has 0 aromatic heterocycles. The molecule has 1 N–H and O–H groups in total. The quantitative estimate of drug-likeness (QED) is 0.748. The minimum absolute atomic E-state index is 0.0505. The lowest BCUT2D eigenvalue weighted by Gasteiger charge is -2.21. The predicted octanol–water partition coefficient (Wildman–Crippen LogP) is 2.85. The lowest BCUT2D eigenvalue weighted by molar-refractivity contribution is -0.125. The van der Waals surface area contributed by atoms with Gasteiger partial charge in [0.2, 0.25) is 0 Å². The van der Waals surface area contributed by atoms with Crippen LogP contribution >= 0.6 is 0 Å². The fourth-order valence-corrected chi connectivity index (χ4v) is 2.07. The Kier molecular flexibility index (Phi) is 7.59. The molecule has 1 rings (SSSR count). The van der Waals surface area contributed by atoms with Crippen LogP contribution in [0.3, 0.4) is 0 Å². The highest BCUT2D eigenvalue weighted by atomic mass is 16.5. The first kappa shape index (κ1) is 19.0. The number of hydrogen-bond donors (Lipinski definition) is 1. The van der Waals surface area contributed by atoms with Gasteiger partial charge in [0.1, 0.15) is 0 Å².